The highest BCUT2D eigenvalue weighted by Crippen LogP contribution is 2.36. The zero-order valence-electron chi connectivity index (χ0n) is 11.7. The van der Waals surface area contributed by atoms with Crippen molar-refractivity contribution < 1.29 is 17.2 Å². The van der Waals surface area contributed by atoms with Gasteiger partial charge in [-0.25, -0.2) is 21.9 Å². The fraction of sp³-hybridized carbons (Fsp3) is 0.571. The molecule has 0 saturated heterocycles. The van der Waals surface area contributed by atoms with E-state index in [0.29, 0.717) is 31.0 Å². The van der Waals surface area contributed by atoms with Crippen molar-refractivity contribution in [3.05, 3.63) is 29.3 Å². The predicted octanol–water partition coefficient (Wildman–Crippen LogP) is 2.05. The first-order valence-electron chi connectivity index (χ1n) is 7.04. The Morgan fingerprint density at radius 1 is 1.29 bits per heavy atom. The largest absolute Gasteiger partial charge is 0.310 e. The van der Waals surface area contributed by atoms with Crippen molar-refractivity contribution in [2.45, 2.75) is 55.6 Å². The number of halogens is 2. The summed E-state index contributed by atoms with van der Waals surface area (Å²) < 4.78 is 54.4. The molecule has 1 aromatic carbocycles. The van der Waals surface area contributed by atoms with Gasteiger partial charge in [0.05, 0.1) is 0 Å². The highest BCUT2D eigenvalue weighted by molar-refractivity contribution is 7.89. The Morgan fingerprint density at radius 2 is 1.95 bits per heavy atom. The van der Waals surface area contributed by atoms with Crippen LogP contribution in [0.2, 0.25) is 0 Å². The summed E-state index contributed by atoms with van der Waals surface area (Å²) in [6, 6.07) is 2.66. The molecule has 2 aliphatic carbocycles. The first-order valence-corrected chi connectivity index (χ1v) is 8.53. The Bertz CT molecular complexity index is 668. The number of sulfonamides is 1. The normalized spacial score (nSPS) is 20.5. The van der Waals surface area contributed by atoms with Gasteiger partial charge in [0, 0.05) is 18.1 Å². The smallest absolute Gasteiger partial charge is 0.244 e. The van der Waals surface area contributed by atoms with Crippen LogP contribution in [-0.4, -0.2) is 20.0 Å². The van der Waals surface area contributed by atoms with Crippen LogP contribution in [0, 0.1) is 11.6 Å². The number of hydrogen-bond donors (Lipinski definition) is 2. The molecule has 0 aliphatic heterocycles. The SMILES string of the molecule is CC1(NS(=O)(=O)c2cc(CNC3CC3)cc(F)c2F)CC1. The van der Waals surface area contributed by atoms with E-state index in [-0.39, 0.29) is 0 Å². The molecule has 0 bridgehead atoms. The minimum Gasteiger partial charge on any atom is -0.310 e. The molecule has 0 aromatic heterocycles. The lowest BCUT2D eigenvalue weighted by Gasteiger charge is -2.14. The number of hydrogen-bond acceptors (Lipinski definition) is 3. The van der Waals surface area contributed by atoms with E-state index in [1.165, 1.54) is 6.07 Å². The van der Waals surface area contributed by atoms with Gasteiger partial charge in [0.2, 0.25) is 10.0 Å². The summed E-state index contributed by atoms with van der Waals surface area (Å²) in [6.07, 6.45) is 3.54. The fourth-order valence-electron chi connectivity index (χ4n) is 2.13. The van der Waals surface area contributed by atoms with Crippen molar-refractivity contribution in [3.63, 3.8) is 0 Å². The van der Waals surface area contributed by atoms with E-state index in [1.54, 1.807) is 6.92 Å². The summed E-state index contributed by atoms with van der Waals surface area (Å²) in [4.78, 5) is -0.608. The lowest BCUT2D eigenvalue weighted by molar-refractivity contribution is 0.478. The lowest BCUT2D eigenvalue weighted by Crippen LogP contribution is -2.35. The van der Waals surface area contributed by atoms with Crippen LogP contribution in [0.4, 0.5) is 8.78 Å². The van der Waals surface area contributed by atoms with Crippen LogP contribution in [0.3, 0.4) is 0 Å². The standard InChI is InChI=1S/C14H18F2N2O2S/c1-14(4-5-14)18-21(19,20)12-7-9(6-11(15)13(12)16)8-17-10-2-3-10/h6-7,10,17-18H,2-5,8H2,1H3. The Balaban J connectivity index is 1.88. The Morgan fingerprint density at radius 3 is 2.52 bits per heavy atom. The molecule has 0 heterocycles. The van der Waals surface area contributed by atoms with Gasteiger partial charge in [0.1, 0.15) is 4.90 Å². The molecule has 2 saturated carbocycles. The van der Waals surface area contributed by atoms with Crippen LogP contribution in [0.5, 0.6) is 0 Å². The number of benzene rings is 1. The van der Waals surface area contributed by atoms with Gasteiger partial charge in [-0.3, -0.25) is 0 Å². The van der Waals surface area contributed by atoms with Crippen LogP contribution in [0.1, 0.15) is 38.2 Å². The Labute approximate surface area is 123 Å². The maximum atomic E-state index is 13.9. The van der Waals surface area contributed by atoms with Crippen molar-refractivity contribution in [1.29, 1.82) is 0 Å². The monoisotopic (exact) mass is 316 g/mol. The van der Waals surface area contributed by atoms with Crippen molar-refractivity contribution in [3.8, 4) is 0 Å². The zero-order valence-corrected chi connectivity index (χ0v) is 12.6. The van der Waals surface area contributed by atoms with Gasteiger partial charge in [0.25, 0.3) is 0 Å². The zero-order chi connectivity index (χ0) is 15.3. The van der Waals surface area contributed by atoms with Gasteiger partial charge in [-0.1, -0.05) is 0 Å². The molecule has 0 unspecified atom stereocenters. The average molecular weight is 316 g/mol. The van der Waals surface area contributed by atoms with E-state index in [1.807, 2.05) is 0 Å². The summed E-state index contributed by atoms with van der Waals surface area (Å²) in [7, 11) is -4.05. The van der Waals surface area contributed by atoms with Crippen LogP contribution in [0.25, 0.3) is 0 Å². The second-order valence-corrected chi connectivity index (χ2v) is 7.86. The molecule has 0 atom stereocenters. The third-order valence-electron chi connectivity index (χ3n) is 3.90. The molecule has 2 fully saturated rings. The molecule has 3 rings (SSSR count). The Hall–Kier alpha value is -1.05. The molecule has 21 heavy (non-hydrogen) atoms. The van der Waals surface area contributed by atoms with E-state index in [0.717, 1.165) is 18.9 Å². The van der Waals surface area contributed by atoms with E-state index < -0.39 is 32.1 Å². The average Bonchev–Trinajstić information content (AvgIpc) is 3.28. The molecule has 4 nitrogen and oxygen atoms in total. The maximum Gasteiger partial charge on any atom is 0.244 e. The van der Waals surface area contributed by atoms with Crippen molar-refractivity contribution in [1.82, 2.24) is 10.0 Å². The molecule has 7 heteroatoms. The molecule has 0 radical (unpaired) electrons. The first kappa shape index (κ1) is 14.9. The molecule has 2 N–H and O–H groups in total. The highest BCUT2D eigenvalue weighted by atomic mass is 32.2. The summed E-state index contributed by atoms with van der Waals surface area (Å²) in [6.45, 7) is 2.08. The fourth-order valence-corrected chi connectivity index (χ4v) is 3.74. The third kappa shape index (κ3) is 3.41. The van der Waals surface area contributed by atoms with Crippen LogP contribution < -0.4 is 10.0 Å². The topological polar surface area (TPSA) is 58.2 Å². The molecule has 1 aromatic rings. The number of rotatable bonds is 6. The van der Waals surface area contributed by atoms with Crippen LogP contribution >= 0.6 is 0 Å². The second kappa shape index (κ2) is 5.00. The maximum absolute atomic E-state index is 13.9. The molecular weight excluding hydrogens is 298 g/mol. The van der Waals surface area contributed by atoms with Crippen molar-refractivity contribution in [2.24, 2.45) is 0 Å². The Kier molecular flexibility index (Phi) is 3.54. The predicted molar refractivity (Wildman–Crippen MR) is 74.2 cm³/mol. The highest BCUT2D eigenvalue weighted by Gasteiger charge is 2.42. The second-order valence-electron chi connectivity index (χ2n) is 6.21. The van der Waals surface area contributed by atoms with E-state index in [2.05, 4.69) is 10.0 Å². The van der Waals surface area contributed by atoms with Gasteiger partial charge in [0.15, 0.2) is 11.6 Å². The number of nitrogens with one attached hydrogen (secondary N) is 2. The quantitative estimate of drug-likeness (QED) is 0.844. The van der Waals surface area contributed by atoms with Gasteiger partial charge < -0.3 is 5.32 Å². The third-order valence-corrected chi connectivity index (χ3v) is 5.53. The minimum atomic E-state index is -4.05. The van der Waals surface area contributed by atoms with Crippen LogP contribution in [-0.2, 0) is 16.6 Å². The lowest BCUT2D eigenvalue weighted by atomic mass is 10.2. The van der Waals surface area contributed by atoms with Gasteiger partial charge in [-0.2, -0.15) is 0 Å². The van der Waals surface area contributed by atoms with Gasteiger partial charge in [-0.05, 0) is 50.3 Å². The molecule has 2 aliphatic rings. The molecular formula is C14H18F2N2O2S. The van der Waals surface area contributed by atoms with Gasteiger partial charge >= 0.3 is 0 Å². The molecule has 0 amide bonds. The van der Waals surface area contributed by atoms with E-state index in [4.69, 9.17) is 0 Å². The van der Waals surface area contributed by atoms with Crippen molar-refractivity contribution >= 4 is 10.0 Å². The summed E-state index contributed by atoms with van der Waals surface area (Å²) in [5.41, 5.74) is -0.0913. The van der Waals surface area contributed by atoms with Gasteiger partial charge in [-0.15, -0.1) is 0 Å². The minimum absolute atomic E-state index is 0.335. The van der Waals surface area contributed by atoms with E-state index >= 15 is 0 Å². The summed E-state index contributed by atoms with van der Waals surface area (Å²) >= 11 is 0. The van der Waals surface area contributed by atoms with E-state index in [9.17, 15) is 17.2 Å². The molecule has 116 valence electrons. The molecule has 0 spiro atoms. The van der Waals surface area contributed by atoms with Crippen molar-refractivity contribution in [2.75, 3.05) is 0 Å². The summed E-state index contributed by atoms with van der Waals surface area (Å²) in [5.74, 6) is -2.45. The summed E-state index contributed by atoms with van der Waals surface area (Å²) in [5, 5.41) is 3.15. The first-order chi connectivity index (χ1) is 9.79. The van der Waals surface area contributed by atoms with Crippen LogP contribution in [0.15, 0.2) is 17.0 Å².